The topological polar surface area (TPSA) is 38.5 Å². The SMILES string of the molecule is CC(CN)CCCN(C)CCOCC1CC1. The van der Waals surface area contributed by atoms with E-state index in [1.807, 2.05) is 0 Å². The standard InChI is InChI=1S/C13H28N2O/c1-12(10-14)4-3-7-15(2)8-9-16-11-13-5-6-13/h12-13H,3-11,14H2,1-2H3. The number of likely N-dealkylation sites (N-methyl/N-ethyl adjacent to an activating group) is 1. The number of nitrogens with zero attached hydrogens (tertiary/aromatic N) is 1. The molecule has 1 rings (SSSR count). The summed E-state index contributed by atoms with van der Waals surface area (Å²) in [4.78, 5) is 2.36. The van der Waals surface area contributed by atoms with Gasteiger partial charge in [0.25, 0.3) is 0 Å². The van der Waals surface area contributed by atoms with E-state index in [1.54, 1.807) is 0 Å². The van der Waals surface area contributed by atoms with Crippen molar-refractivity contribution < 1.29 is 4.74 Å². The van der Waals surface area contributed by atoms with Crippen LogP contribution in [0.3, 0.4) is 0 Å². The van der Waals surface area contributed by atoms with Crippen LogP contribution in [0, 0.1) is 11.8 Å². The van der Waals surface area contributed by atoms with Crippen molar-refractivity contribution in [3.05, 3.63) is 0 Å². The zero-order valence-electron chi connectivity index (χ0n) is 11.0. The first-order chi connectivity index (χ1) is 7.72. The van der Waals surface area contributed by atoms with Crippen molar-refractivity contribution in [2.45, 2.75) is 32.6 Å². The summed E-state index contributed by atoms with van der Waals surface area (Å²) >= 11 is 0. The average Bonchev–Trinajstić information content (AvgIpc) is 3.08. The molecule has 96 valence electrons. The van der Waals surface area contributed by atoms with Gasteiger partial charge >= 0.3 is 0 Å². The van der Waals surface area contributed by atoms with Gasteiger partial charge in [-0.2, -0.15) is 0 Å². The minimum atomic E-state index is 0.666. The third-order valence-corrected chi connectivity index (χ3v) is 3.31. The van der Waals surface area contributed by atoms with Gasteiger partial charge in [0.05, 0.1) is 6.61 Å². The number of ether oxygens (including phenoxy) is 1. The van der Waals surface area contributed by atoms with E-state index in [0.29, 0.717) is 5.92 Å². The van der Waals surface area contributed by atoms with E-state index in [9.17, 15) is 0 Å². The molecule has 0 heterocycles. The molecule has 1 fully saturated rings. The number of hydrogen-bond donors (Lipinski definition) is 1. The average molecular weight is 228 g/mol. The minimum absolute atomic E-state index is 0.666. The second kappa shape index (κ2) is 8.04. The van der Waals surface area contributed by atoms with E-state index in [0.717, 1.165) is 38.8 Å². The highest BCUT2D eigenvalue weighted by Crippen LogP contribution is 2.28. The summed E-state index contributed by atoms with van der Waals surface area (Å²) in [6.07, 6.45) is 5.25. The highest BCUT2D eigenvalue weighted by Gasteiger charge is 2.20. The molecule has 3 heteroatoms. The maximum Gasteiger partial charge on any atom is 0.0593 e. The maximum absolute atomic E-state index is 5.62. The van der Waals surface area contributed by atoms with E-state index < -0.39 is 0 Å². The first kappa shape index (κ1) is 13.9. The highest BCUT2D eigenvalue weighted by atomic mass is 16.5. The molecule has 0 amide bonds. The monoisotopic (exact) mass is 228 g/mol. The number of nitrogens with two attached hydrogens (primary N) is 1. The fourth-order valence-corrected chi connectivity index (χ4v) is 1.69. The Bertz CT molecular complexity index is 171. The Morgan fingerprint density at radius 3 is 2.75 bits per heavy atom. The molecule has 0 aromatic rings. The fourth-order valence-electron chi connectivity index (χ4n) is 1.69. The van der Waals surface area contributed by atoms with Gasteiger partial charge in [-0.1, -0.05) is 6.92 Å². The first-order valence-corrected chi connectivity index (χ1v) is 6.68. The van der Waals surface area contributed by atoms with E-state index in [2.05, 4.69) is 18.9 Å². The van der Waals surface area contributed by atoms with E-state index in [1.165, 1.54) is 25.7 Å². The molecule has 0 aromatic carbocycles. The summed E-state index contributed by atoms with van der Waals surface area (Å²) in [5.41, 5.74) is 5.59. The van der Waals surface area contributed by atoms with Crippen LogP contribution in [0.2, 0.25) is 0 Å². The van der Waals surface area contributed by atoms with E-state index >= 15 is 0 Å². The Labute approximate surface area is 100 Å². The first-order valence-electron chi connectivity index (χ1n) is 6.68. The Hall–Kier alpha value is -0.120. The van der Waals surface area contributed by atoms with Crippen molar-refractivity contribution in [2.24, 2.45) is 17.6 Å². The zero-order chi connectivity index (χ0) is 11.8. The quantitative estimate of drug-likeness (QED) is 0.579. The number of hydrogen-bond acceptors (Lipinski definition) is 3. The van der Waals surface area contributed by atoms with Gasteiger partial charge in [-0.3, -0.25) is 0 Å². The lowest BCUT2D eigenvalue weighted by molar-refractivity contribution is 0.103. The van der Waals surface area contributed by atoms with Gasteiger partial charge in [0, 0.05) is 13.2 Å². The molecule has 1 aliphatic carbocycles. The molecule has 0 radical (unpaired) electrons. The molecule has 1 unspecified atom stereocenters. The maximum atomic E-state index is 5.62. The van der Waals surface area contributed by atoms with Crippen LogP contribution in [-0.4, -0.2) is 44.8 Å². The molecule has 0 bridgehead atoms. The lowest BCUT2D eigenvalue weighted by atomic mass is 10.1. The summed E-state index contributed by atoms with van der Waals surface area (Å²) < 4.78 is 5.62. The summed E-state index contributed by atoms with van der Waals surface area (Å²) in [5, 5.41) is 0. The van der Waals surface area contributed by atoms with Gasteiger partial charge < -0.3 is 15.4 Å². The molecule has 1 saturated carbocycles. The summed E-state index contributed by atoms with van der Waals surface area (Å²) in [7, 11) is 2.17. The number of rotatable bonds is 10. The molecular formula is C13H28N2O. The lowest BCUT2D eigenvalue weighted by Gasteiger charge is -2.17. The highest BCUT2D eigenvalue weighted by molar-refractivity contribution is 4.72. The largest absolute Gasteiger partial charge is 0.380 e. The third kappa shape index (κ3) is 7.20. The molecule has 0 saturated heterocycles. The molecular weight excluding hydrogens is 200 g/mol. The van der Waals surface area contributed by atoms with Crippen LogP contribution in [0.25, 0.3) is 0 Å². The molecule has 16 heavy (non-hydrogen) atoms. The van der Waals surface area contributed by atoms with Gasteiger partial charge in [-0.25, -0.2) is 0 Å². The smallest absolute Gasteiger partial charge is 0.0593 e. The van der Waals surface area contributed by atoms with Crippen LogP contribution < -0.4 is 5.73 Å². The molecule has 1 atom stereocenters. The van der Waals surface area contributed by atoms with Crippen molar-refractivity contribution in [3.8, 4) is 0 Å². The normalized spacial score (nSPS) is 18.0. The van der Waals surface area contributed by atoms with Crippen LogP contribution in [-0.2, 0) is 4.74 Å². The molecule has 0 spiro atoms. The lowest BCUT2D eigenvalue weighted by Crippen LogP contribution is -2.25. The van der Waals surface area contributed by atoms with Crippen molar-refractivity contribution in [3.63, 3.8) is 0 Å². The molecule has 0 aliphatic heterocycles. The second-order valence-corrected chi connectivity index (χ2v) is 5.30. The second-order valence-electron chi connectivity index (χ2n) is 5.30. The van der Waals surface area contributed by atoms with Crippen LogP contribution >= 0.6 is 0 Å². The van der Waals surface area contributed by atoms with Crippen LogP contribution in [0.5, 0.6) is 0 Å². The van der Waals surface area contributed by atoms with Crippen molar-refractivity contribution in [1.82, 2.24) is 4.90 Å². The Kier molecular flexibility index (Phi) is 7.01. The predicted octanol–water partition coefficient (Wildman–Crippen LogP) is 1.72. The van der Waals surface area contributed by atoms with Gasteiger partial charge in [-0.15, -0.1) is 0 Å². The van der Waals surface area contributed by atoms with Crippen LogP contribution in [0.4, 0.5) is 0 Å². The van der Waals surface area contributed by atoms with Gasteiger partial charge in [0.15, 0.2) is 0 Å². The minimum Gasteiger partial charge on any atom is -0.380 e. The molecule has 0 aromatic heterocycles. The molecule has 1 aliphatic rings. The molecule has 2 N–H and O–H groups in total. The summed E-state index contributed by atoms with van der Waals surface area (Å²) in [6, 6.07) is 0. The van der Waals surface area contributed by atoms with Crippen molar-refractivity contribution in [2.75, 3.05) is 39.9 Å². The fraction of sp³-hybridized carbons (Fsp3) is 1.00. The van der Waals surface area contributed by atoms with Crippen molar-refractivity contribution in [1.29, 1.82) is 0 Å². The van der Waals surface area contributed by atoms with Crippen molar-refractivity contribution >= 4 is 0 Å². The third-order valence-electron chi connectivity index (χ3n) is 3.31. The molecule has 3 nitrogen and oxygen atoms in total. The van der Waals surface area contributed by atoms with E-state index in [-0.39, 0.29) is 0 Å². The Morgan fingerprint density at radius 1 is 1.38 bits per heavy atom. The van der Waals surface area contributed by atoms with Gasteiger partial charge in [0.2, 0.25) is 0 Å². The Balaban J connectivity index is 1.83. The Morgan fingerprint density at radius 2 is 2.12 bits per heavy atom. The zero-order valence-corrected chi connectivity index (χ0v) is 11.0. The summed E-state index contributed by atoms with van der Waals surface area (Å²) in [5.74, 6) is 1.55. The van der Waals surface area contributed by atoms with E-state index in [4.69, 9.17) is 10.5 Å². The van der Waals surface area contributed by atoms with Gasteiger partial charge in [0.1, 0.15) is 0 Å². The predicted molar refractivity (Wildman–Crippen MR) is 68.5 cm³/mol. The van der Waals surface area contributed by atoms with Gasteiger partial charge in [-0.05, 0) is 57.7 Å². The van der Waals surface area contributed by atoms with Crippen LogP contribution in [0.1, 0.15) is 32.6 Å². The van der Waals surface area contributed by atoms with Crippen LogP contribution in [0.15, 0.2) is 0 Å². The summed E-state index contributed by atoms with van der Waals surface area (Å²) in [6.45, 7) is 7.13.